The summed E-state index contributed by atoms with van der Waals surface area (Å²) in [4.78, 5) is 4.48. The predicted molar refractivity (Wildman–Crippen MR) is 84.1 cm³/mol. The lowest BCUT2D eigenvalue weighted by molar-refractivity contribution is 0.114. The van der Waals surface area contributed by atoms with Crippen LogP contribution in [-0.4, -0.2) is 36.9 Å². The molecule has 1 saturated heterocycles. The van der Waals surface area contributed by atoms with Crippen molar-refractivity contribution in [2.75, 3.05) is 19.7 Å². The Morgan fingerprint density at radius 1 is 1.45 bits per heavy atom. The molecule has 22 heavy (non-hydrogen) atoms. The van der Waals surface area contributed by atoms with Crippen molar-refractivity contribution in [1.29, 1.82) is 0 Å². The molecular weight excluding hydrogens is 285 g/mol. The summed E-state index contributed by atoms with van der Waals surface area (Å²) in [5.74, 6) is 0.325. The van der Waals surface area contributed by atoms with E-state index in [1.165, 1.54) is 6.07 Å². The van der Waals surface area contributed by atoms with Gasteiger partial charge in [0.1, 0.15) is 5.82 Å². The van der Waals surface area contributed by atoms with E-state index < -0.39 is 5.82 Å². The van der Waals surface area contributed by atoms with Gasteiger partial charge in [0.2, 0.25) is 0 Å². The van der Waals surface area contributed by atoms with E-state index in [1.54, 1.807) is 12.1 Å². The van der Waals surface area contributed by atoms with Crippen molar-refractivity contribution in [3.05, 3.63) is 35.1 Å². The van der Waals surface area contributed by atoms with Crippen LogP contribution in [0, 0.1) is 5.82 Å². The summed E-state index contributed by atoms with van der Waals surface area (Å²) in [6, 6.07) is 4.69. The van der Waals surface area contributed by atoms with Gasteiger partial charge in [-0.05, 0) is 37.5 Å². The van der Waals surface area contributed by atoms with Gasteiger partial charge in [-0.25, -0.2) is 9.38 Å². The minimum Gasteiger partial charge on any atom is -0.392 e. The third-order valence-corrected chi connectivity index (χ3v) is 3.57. The first-order valence-electron chi connectivity index (χ1n) is 7.75. The van der Waals surface area contributed by atoms with Gasteiger partial charge in [-0.3, -0.25) is 0 Å². The monoisotopic (exact) mass is 309 g/mol. The van der Waals surface area contributed by atoms with Crippen LogP contribution in [0.1, 0.15) is 30.9 Å². The summed E-state index contributed by atoms with van der Waals surface area (Å²) < 4.78 is 18.9. The number of aliphatic hydroxyl groups is 1. The van der Waals surface area contributed by atoms with E-state index in [1.807, 2.05) is 6.92 Å². The Kier molecular flexibility index (Phi) is 6.61. The Morgan fingerprint density at radius 3 is 3.00 bits per heavy atom. The second kappa shape index (κ2) is 8.70. The summed E-state index contributed by atoms with van der Waals surface area (Å²) in [6.45, 7) is 4.46. The smallest absolute Gasteiger partial charge is 0.191 e. The molecular formula is C16H24FN3O2. The van der Waals surface area contributed by atoms with Crippen LogP contribution in [0.5, 0.6) is 0 Å². The van der Waals surface area contributed by atoms with Crippen LogP contribution in [0.2, 0.25) is 0 Å². The van der Waals surface area contributed by atoms with Crippen LogP contribution in [0.4, 0.5) is 4.39 Å². The fraction of sp³-hybridized carbons (Fsp3) is 0.562. The molecule has 1 heterocycles. The first-order chi connectivity index (χ1) is 10.7. The summed E-state index contributed by atoms with van der Waals surface area (Å²) in [5.41, 5.74) is 1.16. The average molecular weight is 309 g/mol. The molecule has 1 aliphatic rings. The van der Waals surface area contributed by atoms with Crippen LogP contribution < -0.4 is 10.6 Å². The summed E-state index contributed by atoms with van der Waals surface area (Å²) >= 11 is 0. The molecule has 1 aromatic carbocycles. The maximum Gasteiger partial charge on any atom is 0.191 e. The van der Waals surface area contributed by atoms with Gasteiger partial charge in [0, 0.05) is 25.3 Å². The van der Waals surface area contributed by atoms with Gasteiger partial charge in [-0.1, -0.05) is 6.07 Å². The van der Waals surface area contributed by atoms with Crippen LogP contribution in [0.25, 0.3) is 0 Å². The number of aliphatic imine (C=N–C) groups is 1. The van der Waals surface area contributed by atoms with Gasteiger partial charge in [0.25, 0.3) is 0 Å². The number of nitrogens with one attached hydrogen (secondary N) is 2. The zero-order chi connectivity index (χ0) is 15.8. The standard InChI is InChI=1S/C16H24FN3O2/c1-2-18-16(20-10-14-4-3-7-22-14)19-9-12-5-6-15(17)13(8-12)11-21/h5-6,8,14,21H,2-4,7,9-11H2,1H3,(H2,18,19,20). The quantitative estimate of drug-likeness (QED) is 0.551. The fourth-order valence-corrected chi connectivity index (χ4v) is 2.38. The Bertz CT molecular complexity index is 502. The molecule has 3 N–H and O–H groups in total. The van der Waals surface area contributed by atoms with E-state index in [4.69, 9.17) is 9.84 Å². The third kappa shape index (κ3) is 4.96. The number of halogens is 1. The topological polar surface area (TPSA) is 65.9 Å². The van der Waals surface area contributed by atoms with E-state index in [-0.39, 0.29) is 12.7 Å². The average Bonchev–Trinajstić information content (AvgIpc) is 3.04. The lowest BCUT2D eigenvalue weighted by atomic mass is 10.1. The minimum atomic E-state index is -0.390. The van der Waals surface area contributed by atoms with Crippen LogP contribution in [-0.2, 0) is 17.9 Å². The number of guanidine groups is 1. The molecule has 0 radical (unpaired) electrons. The van der Waals surface area contributed by atoms with E-state index in [2.05, 4.69) is 15.6 Å². The van der Waals surface area contributed by atoms with Crippen molar-refractivity contribution >= 4 is 5.96 Å². The highest BCUT2D eigenvalue weighted by Gasteiger charge is 2.15. The van der Waals surface area contributed by atoms with Crippen LogP contribution in [0.15, 0.2) is 23.2 Å². The summed E-state index contributed by atoms with van der Waals surface area (Å²) in [5, 5.41) is 15.5. The summed E-state index contributed by atoms with van der Waals surface area (Å²) in [6.07, 6.45) is 2.43. The van der Waals surface area contributed by atoms with Crippen LogP contribution in [0.3, 0.4) is 0 Å². The largest absolute Gasteiger partial charge is 0.392 e. The van der Waals surface area contributed by atoms with Crippen molar-refractivity contribution in [3.63, 3.8) is 0 Å². The minimum absolute atomic E-state index is 0.246. The maximum absolute atomic E-state index is 13.3. The number of aliphatic hydroxyl groups excluding tert-OH is 1. The van der Waals surface area contributed by atoms with Crippen molar-refractivity contribution in [1.82, 2.24) is 10.6 Å². The highest BCUT2D eigenvalue weighted by atomic mass is 19.1. The van der Waals surface area contributed by atoms with E-state index in [0.29, 0.717) is 18.1 Å². The van der Waals surface area contributed by atoms with Crippen molar-refractivity contribution in [2.45, 2.75) is 39.0 Å². The van der Waals surface area contributed by atoms with E-state index >= 15 is 0 Å². The number of nitrogens with zero attached hydrogens (tertiary/aromatic N) is 1. The van der Waals surface area contributed by atoms with Crippen LogP contribution >= 0.6 is 0 Å². The fourth-order valence-electron chi connectivity index (χ4n) is 2.38. The first kappa shape index (κ1) is 16.7. The highest BCUT2D eigenvalue weighted by molar-refractivity contribution is 5.79. The molecule has 0 bridgehead atoms. The number of ether oxygens (including phenoxy) is 1. The molecule has 5 nitrogen and oxygen atoms in total. The number of hydrogen-bond donors (Lipinski definition) is 3. The second-order valence-electron chi connectivity index (χ2n) is 5.29. The molecule has 0 aromatic heterocycles. The molecule has 122 valence electrons. The van der Waals surface area contributed by atoms with Crippen molar-refractivity contribution in [2.24, 2.45) is 4.99 Å². The van der Waals surface area contributed by atoms with Gasteiger partial charge in [-0.15, -0.1) is 0 Å². The zero-order valence-corrected chi connectivity index (χ0v) is 12.9. The van der Waals surface area contributed by atoms with Gasteiger partial charge in [-0.2, -0.15) is 0 Å². The molecule has 0 aliphatic carbocycles. The zero-order valence-electron chi connectivity index (χ0n) is 12.9. The molecule has 1 fully saturated rings. The molecule has 1 aromatic rings. The number of rotatable bonds is 6. The predicted octanol–water partition coefficient (Wildman–Crippen LogP) is 1.55. The lowest BCUT2D eigenvalue weighted by Gasteiger charge is -2.14. The Morgan fingerprint density at radius 2 is 2.32 bits per heavy atom. The molecule has 1 aliphatic heterocycles. The lowest BCUT2D eigenvalue weighted by Crippen LogP contribution is -2.41. The Hall–Kier alpha value is -1.66. The second-order valence-corrected chi connectivity index (χ2v) is 5.29. The molecule has 0 amide bonds. The molecule has 1 unspecified atom stereocenters. The van der Waals surface area contributed by atoms with Gasteiger partial charge in [0.15, 0.2) is 5.96 Å². The van der Waals surface area contributed by atoms with Crippen molar-refractivity contribution in [3.8, 4) is 0 Å². The molecule has 2 rings (SSSR count). The van der Waals surface area contributed by atoms with Crippen molar-refractivity contribution < 1.29 is 14.2 Å². The molecule has 0 spiro atoms. The summed E-state index contributed by atoms with van der Waals surface area (Å²) in [7, 11) is 0. The van der Waals surface area contributed by atoms with Gasteiger partial charge in [0.05, 0.1) is 19.3 Å². The van der Waals surface area contributed by atoms with Gasteiger partial charge < -0.3 is 20.5 Å². The third-order valence-electron chi connectivity index (χ3n) is 3.57. The SMILES string of the molecule is CCNC(=NCc1ccc(F)c(CO)c1)NCC1CCCO1. The molecule has 1 atom stereocenters. The maximum atomic E-state index is 13.3. The highest BCUT2D eigenvalue weighted by Crippen LogP contribution is 2.12. The van der Waals surface area contributed by atoms with E-state index in [0.717, 1.165) is 38.1 Å². The Balaban J connectivity index is 1.93. The van der Waals surface area contributed by atoms with E-state index in [9.17, 15) is 4.39 Å². The first-order valence-corrected chi connectivity index (χ1v) is 7.75. The Labute approximate surface area is 130 Å². The number of hydrogen-bond acceptors (Lipinski definition) is 3. The normalized spacial score (nSPS) is 18.5. The molecule has 6 heteroatoms. The number of benzene rings is 1. The van der Waals surface area contributed by atoms with Gasteiger partial charge >= 0.3 is 0 Å². The molecule has 0 saturated carbocycles.